The van der Waals surface area contributed by atoms with E-state index in [4.69, 9.17) is 0 Å². The van der Waals surface area contributed by atoms with Crippen LogP contribution < -0.4 is 0 Å². The molecule has 0 saturated carbocycles. The zero-order valence-electron chi connectivity index (χ0n) is 9.53. The summed E-state index contributed by atoms with van der Waals surface area (Å²) < 4.78 is 28.8. The van der Waals surface area contributed by atoms with Gasteiger partial charge in [0.25, 0.3) is 0 Å². The van der Waals surface area contributed by atoms with Gasteiger partial charge in [-0.05, 0) is 12.5 Å². The van der Waals surface area contributed by atoms with Gasteiger partial charge in [0, 0.05) is 0 Å². The van der Waals surface area contributed by atoms with Crippen molar-refractivity contribution in [3.63, 3.8) is 0 Å². The van der Waals surface area contributed by atoms with E-state index in [2.05, 4.69) is 4.74 Å². The molecule has 1 aromatic carbocycles. The largest absolute Gasteiger partial charge is 0.452 e. The van der Waals surface area contributed by atoms with Crippen LogP contribution in [-0.4, -0.2) is 31.2 Å². The quantitative estimate of drug-likeness (QED) is 0.763. The number of carbonyl (C=O) groups excluding carboxylic acids is 1. The molecule has 5 nitrogen and oxygen atoms in total. The minimum Gasteiger partial charge on any atom is -0.452 e. The molecular weight excluding hydrogens is 242 g/mol. The van der Waals surface area contributed by atoms with E-state index in [0.717, 1.165) is 9.87 Å². The Labute approximate surface area is 100 Å². The maximum Gasteiger partial charge on any atom is 0.423 e. The average molecular weight is 255 g/mol. The van der Waals surface area contributed by atoms with Crippen LogP contribution in [0.3, 0.4) is 0 Å². The number of methoxy groups -OCH3 is 1. The van der Waals surface area contributed by atoms with E-state index in [1.807, 2.05) is 18.2 Å². The monoisotopic (exact) mass is 255 g/mol. The standard InChI is InChI=1S/C11H13NO4S/c1-8-10(9-6-4-3-5-7-9)12(11(13)16-2)17(8,14)15/h3-8,10H,1-2H3/t8-,10+/m1/s1. The molecule has 0 aromatic heterocycles. The van der Waals surface area contributed by atoms with Gasteiger partial charge in [-0.2, -0.15) is 4.31 Å². The Morgan fingerprint density at radius 1 is 1.29 bits per heavy atom. The maximum absolute atomic E-state index is 11.8. The van der Waals surface area contributed by atoms with Gasteiger partial charge in [0.15, 0.2) is 0 Å². The van der Waals surface area contributed by atoms with Crippen LogP contribution in [0, 0.1) is 0 Å². The lowest BCUT2D eigenvalue weighted by atomic mass is 10.0. The first-order chi connectivity index (χ1) is 8.00. The summed E-state index contributed by atoms with van der Waals surface area (Å²) in [6.07, 6.45) is -0.836. The predicted octanol–water partition coefficient (Wildman–Crippen LogP) is 1.53. The molecule has 0 bridgehead atoms. The maximum atomic E-state index is 11.8. The highest BCUT2D eigenvalue weighted by Crippen LogP contribution is 2.42. The molecule has 0 aliphatic carbocycles. The number of nitrogens with zero attached hydrogens (tertiary/aromatic N) is 1. The van der Waals surface area contributed by atoms with Crippen LogP contribution >= 0.6 is 0 Å². The molecule has 0 radical (unpaired) electrons. The summed E-state index contributed by atoms with van der Waals surface area (Å²) in [5, 5.41) is -0.607. The van der Waals surface area contributed by atoms with E-state index in [0.29, 0.717) is 0 Å². The van der Waals surface area contributed by atoms with Gasteiger partial charge in [-0.15, -0.1) is 0 Å². The van der Waals surface area contributed by atoms with Gasteiger partial charge >= 0.3 is 6.09 Å². The third-order valence-electron chi connectivity index (χ3n) is 2.94. The van der Waals surface area contributed by atoms with Crippen LogP contribution in [0.2, 0.25) is 0 Å². The van der Waals surface area contributed by atoms with E-state index in [9.17, 15) is 13.2 Å². The summed E-state index contributed by atoms with van der Waals surface area (Å²) in [5.41, 5.74) is 0.792. The van der Waals surface area contributed by atoms with Gasteiger partial charge in [-0.1, -0.05) is 30.3 Å². The Hall–Kier alpha value is -1.56. The highest BCUT2D eigenvalue weighted by Gasteiger charge is 2.55. The summed E-state index contributed by atoms with van der Waals surface area (Å²) in [7, 11) is -2.38. The predicted molar refractivity (Wildman–Crippen MR) is 61.8 cm³/mol. The normalized spacial score (nSPS) is 26.1. The number of rotatable bonds is 1. The van der Waals surface area contributed by atoms with Crippen molar-refractivity contribution in [1.82, 2.24) is 4.31 Å². The van der Waals surface area contributed by atoms with Crippen molar-refractivity contribution < 1.29 is 17.9 Å². The second-order valence-electron chi connectivity index (χ2n) is 3.87. The van der Waals surface area contributed by atoms with Gasteiger partial charge in [0.05, 0.1) is 13.2 Å². The second-order valence-corrected chi connectivity index (χ2v) is 6.04. The molecule has 1 aliphatic heterocycles. The molecule has 0 unspecified atom stereocenters. The zero-order valence-corrected chi connectivity index (χ0v) is 10.3. The summed E-state index contributed by atoms with van der Waals surface area (Å²) in [6.45, 7) is 1.59. The van der Waals surface area contributed by atoms with Crippen molar-refractivity contribution in [2.75, 3.05) is 7.11 Å². The van der Waals surface area contributed by atoms with Crippen LogP contribution in [0.5, 0.6) is 0 Å². The fourth-order valence-electron chi connectivity index (χ4n) is 1.99. The molecule has 1 heterocycles. The Morgan fingerprint density at radius 3 is 2.41 bits per heavy atom. The molecule has 0 spiro atoms. The number of carbonyl (C=O) groups is 1. The minimum atomic E-state index is -3.55. The molecule has 92 valence electrons. The van der Waals surface area contributed by atoms with E-state index in [1.54, 1.807) is 19.1 Å². The Bertz CT molecular complexity index is 526. The molecule has 1 aliphatic rings. The molecule has 1 fully saturated rings. The van der Waals surface area contributed by atoms with E-state index in [1.165, 1.54) is 7.11 Å². The number of hydrogen-bond donors (Lipinski definition) is 0. The van der Waals surface area contributed by atoms with Crippen LogP contribution in [0.25, 0.3) is 0 Å². The zero-order chi connectivity index (χ0) is 12.6. The van der Waals surface area contributed by atoms with Crippen LogP contribution in [0.15, 0.2) is 30.3 Å². The number of sulfonamides is 1. The SMILES string of the molecule is COC(=O)N1[C@H](c2ccccc2)[C@@H](C)S1(=O)=O. The fraction of sp³-hybridized carbons (Fsp3) is 0.364. The number of amides is 1. The fourth-order valence-corrected chi connectivity index (χ4v) is 3.66. The average Bonchev–Trinajstić information content (AvgIpc) is 2.35. The first-order valence-electron chi connectivity index (χ1n) is 5.16. The Morgan fingerprint density at radius 2 is 1.88 bits per heavy atom. The number of benzene rings is 1. The third-order valence-corrected chi connectivity index (χ3v) is 5.06. The summed E-state index contributed by atoms with van der Waals surface area (Å²) in [4.78, 5) is 11.5. The van der Waals surface area contributed by atoms with Crippen LogP contribution in [-0.2, 0) is 14.8 Å². The first-order valence-corrected chi connectivity index (χ1v) is 6.66. The van der Waals surface area contributed by atoms with E-state index < -0.39 is 27.4 Å². The second kappa shape index (κ2) is 4.03. The van der Waals surface area contributed by atoms with E-state index in [-0.39, 0.29) is 0 Å². The highest BCUT2D eigenvalue weighted by atomic mass is 32.2. The van der Waals surface area contributed by atoms with Gasteiger partial charge in [-0.25, -0.2) is 13.2 Å². The van der Waals surface area contributed by atoms with Crippen molar-refractivity contribution in [3.05, 3.63) is 35.9 Å². The molecule has 1 saturated heterocycles. The van der Waals surface area contributed by atoms with E-state index >= 15 is 0 Å². The molecule has 6 heteroatoms. The van der Waals surface area contributed by atoms with Crippen LogP contribution in [0.4, 0.5) is 4.79 Å². The lowest BCUT2D eigenvalue weighted by Crippen LogP contribution is -2.58. The number of ether oxygens (including phenoxy) is 1. The Kier molecular flexibility index (Phi) is 2.82. The van der Waals surface area contributed by atoms with Gasteiger partial charge in [-0.3, -0.25) is 0 Å². The molecule has 2 rings (SSSR count). The van der Waals surface area contributed by atoms with Crippen molar-refractivity contribution >= 4 is 16.1 Å². The topological polar surface area (TPSA) is 63.7 Å². The highest BCUT2D eigenvalue weighted by molar-refractivity contribution is 7.91. The Balaban J connectivity index is 2.39. The molecule has 1 aromatic rings. The molecule has 2 atom stereocenters. The lowest BCUT2D eigenvalue weighted by molar-refractivity contribution is 0.127. The smallest absolute Gasteiger partial charge is 0.423 e. The number of hydrogen-bond acceptors (Lipinski definition) is 4. The third kappa shape index (κ3) is 1.68. The van der Waals surface area contributed by atoms with Gasteiger partial charge in [0.1, 0.15) is 5.25 Å². The van der Waals surface area contributed by atoms with Crippen molar-refractivity contribution in [2.45, 2.75) is 18.2 Å². The van der Waals surface area contributed by atoms with Gasteiger partial charge < -0.3 is 4.74 Å². The summed E-state index contributed by atoms with van der Waals surface area (Å²) >= 11 is 0. The molecule has 1 amide bonds. The van der Waals surface area contributed by atoms with Crippen molar-refractivity contribution in [1.29, 1.82) is 0 Å². The van der Waals surface area contributed by atoms with Crippen LogP contribution in [0.1, 0.15) is 18.5 Å². The minimum absolute atomic E-state index is 0.464. The molecule has 0 N–H and O–H groups in total. The molecular formula is C11H13NO4S. The van der Waals surface area contributed by atoms with Crippen molar-refractivity contribution in [2.24, 2.45) is 0 Å². The van der Waals surface area contributed by atoms with Crippen molar-refractivity contribution in [3.8, 4) is 0 Å². The summed E-state index contributed by atoms with van der Waals surface area (Å²) in [5.74, 6) is 0. The lowest BCUT2D eigenvalue weighted by Gasteiger charge is -2.44. The molecule has 17 heavy (non-hydrogen) atoms. The van der Waals surface area contributed by atoms with Gasteiger partial charge in [0.2, 0.25) is 10.0 Å². The first kappa shape index (κ1) is 11.9. The summed E-state index contributed by atoms with van der Waals surface area (Å²) in [6, 6.07) is 8.58.